The number of primary amides is 1. The third-order valence-corrected chi connectivity index (χ3v) is 5.79. The van der Waals surface area contributed by atoms with Crippen LogP contribution >= 0.6 is 0 Å². The van der Waals surface area contributed by atoms with E-state index in [4.69, 9.17) is 11.5 Å². The third-order valence-electron chi connectivity index (χ3n) is 5.79. The van der Waals surface area contributed by atoms with Gasteiger partial charge in [0.05, 0.1) is 12.1 Å². The molecule has 1 aromatic carbocycles. The van der Waals surface area contributed by atoms with Crippen LogP contribution < -0.4 is 27.4 Å². The molecule has 4 amide bonds. The van der Waals surface area contributed by atoms with E-state index in [0.717, 1.165) is 5.56 Å². The first kappa shape index (κ1) is 30.5. The molecule has 12 nitrogen and oxygen atoms in total. The number of nitrogens with two attached hydrogens (primary N) is 2. The molecule has 0 bridgehead atoms. The number of hydrogen-bond donors (Lipinski definition) is 7. The Balaban J connectivity index is 3.01. The lowest BCUT2D eigenvalue weighted by Gasteiger charge is -2.28. The van der Waals surface area contributed by atoms with E-state index in [9.17, 15) is 34.2 Å². The number of aliphatic carboxylic acids is 1. The molecule has 6 unspecified atom stereocenters. The Bertz CT molecular complexity index is 909. The van der Waals surface area contributed by atoms with Crippen molar-refractivity contribution < 1.29 is 34.2 Å². The summed E-state index contributed by atoms with van der Waals surface area (Å²) in [6.07, 6.45) is -1.15. The lowest BCUT2D eigenvalue weighted by atomic mass is 9.96. The summed E-state index contributed by atoms with van der Waals surface area (Å²) in [6.45, 7) is 4.74. The molecular formula is C24H37N5O7. The minimum absolute atomic E-state index is 0.215. The number of rotatable bonds is 15. The van der Waals surface area contributed by atoms with E-state index in [1.165, 1.54) is 6.92 Å². The number of carboxylic acids is 1. The highest BCUT2D eigenvalue weighted by Gasteiger charge is 2.33. The van der Waals surface area contributed by atoms with E-state index in [1.54, 1.807) is 6.92 Å². The van der Waals surface area contributed by atoms with E-state index < -0.39 is 59.9 Å². The molecule has 0 spiro atoms. The normalized spacial score (nSPS) is 15.9. The lowest BCUT2D eigenvalue weighted by molar-refractivity contribution is -0.145. The molecule has 0 fully saturated rings. The largest absolute Gasteiger partial charge is 0.480 e. The second kappa shape index (κ2) is 14.8. The maximum absolute atomic E-state index is 13.1. The molecule has 0 aliphatic carbocycles. The lowest BCUT2D eigenvalue weighted by Crippen LogP contribution is -2.59. The molecule has 6 atom stereocenters. The quantitative estimate of drug-likeness (QED) is 0.152. The highest BCUT2D eigenvalue weighted by atomic mass is 16.4. The fourth-order valence-corrected chi connectivity index (χ4v) is 3.38. The predicted octanol–water partition coefficient (Wildman–Crippen LogP) is -1.21. The first-order chi connectivity index (χ1) is 16.9. The Kier molecular flexibility index (Phi) is 12.5. The molecule has 0 saturated carbocycles. The van der Waals surface area contributed by atoms with Gasteiger partial charge < -0.3 is 37.6 Å². The zero-order valence-corrected chi connectivity index (χ0v) is 20.8. The fourth-order valence-electron chi connectivity index (χ4n) is 3.38. The van der Waals surface area contributed by atoms with Crippen molar-refractivity contribution in [3.63, 3.8) is 0 Å². The second-order valence-corrected chi connectivity index (χ2v) is 8.80. The Morgan fingerprint density at radius 2 is 1.50 bits per heavy atom. The number of amides is 4. The summed E-state index contributed by atoms with van der Waals surface area (Å²) in [5.74, 6) is -4.74. The van der Waals surface area contributed by atoms with Crippen molar-refractivity contribution in [2.45, 2.75) is 76.7 Å². The molecule has 0 heterocycles. The van der Waals surface area contributed by atoms with Crippen LogP contribution in [0.2, 0.25) is 0 Å². The Hall–Kier alpha value is -3.51. The Morgan fingerprint density at radius 3 is 2.00 bits per heavy atom. The number of carbonyl (C=O) groups excluding carboxylic acids is 4. The number of carbonyl (C=O) groups is 5. The van der Waals surface area contributed by atoms with E-state index >= 15 is 0 Å². The van der Waals surface area contributed by atoms with Crippen LogP contribution in [0, 0.1) is 5.92 Å². The molecule has 200 valence electrons. The summed E-state index contributed by atoms with van der Waals surface area (Å²) < 4.78 is 0. The van der Waals surface area contributed by atoms with Gasteiger partial charge in [-0.05, 0) is 31.2 Å². The van der Waals surface area contributed by atoms with Crippen LogP contribution in [0.4, 0.5) is 0 Å². The predicted molar refractivity (Wildman–Crippen MR) is 131 cm³/mol. The molecule has 36 heavy (non-hydrogen) atoms. The molecule has 0 aliphatic heterocycles. The van der Waals surface area contributed by atoms with Gasteiger partial charge in [0.1, 0.15) is 12.1 Å². The van der Waals surface area contributed by atoms with E-state index in [2.05, 4.69) is 16.0 Å². The minimum atomic E-state index is -1.63. The number of benzene rings is 1. The van der Waals surface area contributed by atoms with Crippen LogP contribution in [0.25, 0.3) is 0 Å². The van der Waals surface area contributed by atoms with Gasteiger partial charge in [-0.3, -0.25) is 19.2 Å². The molecule has 0 saturated heterocycles. The fraction of sp³-hybridized carbons (Fsp3) is 0.542. The monoisotopic (exact) mass is 507 g/mol. The zero-order valence-electron chi connectivity index (χ0n) is 20.8. The molecule has 9 N–H and O–H groups in total. The van der Waals surface area contributed by atoms with Crippen LogP contribution in [-0.4, -0.2) is 70.1 Å². The highest BCUT2D eigenvalue weighted by molar-refractivity contribution is 5.94. The van der Waals surface area contributed by atoms with Crippen LogP contribution in [0.1, 0.15) is 45.6 Å². The maximum Gasteiger partial charge on any atom is 0.328 e. The van der Waals surface area contributed by atoms with Gasteiger partial charge in [0, 0.05) is 6.42 Å². The standard InChI is InChI=1S/C24H37N5O7/c1-4-13(2)19(28-21(32)16(25)12-15-8-6-5-7-9-15)23(34)27-17(10-11-18(26)31)22(33)29-20(14(3)30)24(35)36/h5-9,13-14,16-17,19-20,30H,4,10-12,25H2,1-3H3,(H2,26,31)(H,27,34)(H,28,32)(H,29,33)(H,35,36). The van der Waals surface area contributed by atoms with Gasteiger partial charge in [0.25, 0.3) is 0 Å². The highest BCUT2D eigenvalue weighted by Crippen LogP contribution is 2.11. The third kappa shape index (κ3) is 10.0. The number of nitrogens with one attached hydrogen (secondary N) is 3. The zero-order chi connectivity index (χ0) is 27.4. The molecule has 0 aromatic heterocycles. The molecule has 0 aliphatic rings. The molecule has 1 aromatic rings. The number of carboxylic acid groups (broad SMARTS) is 1. The summed E-state index contributed by atoms with van der Waals surface area (Å²) in [7, 11) is 0. The van der Waals surface area contributed by atoms with Crippen molar-refractivity contribution >= 4 is 29.6 Å². The van der Waals surface area contributed by atoms with Crippen molar-refractivity contribution in [2.24, 2.45) is 17.4 Å². The van der Waals surface area contributed by atoms with Gasteiger partial charge in [0.15, 0.2) is 6.04 Å². The molecule has 0 radical (unpaired) electrons. The first-order valence-corrected chi connectivity index (χ1v) is 11.8. The van der Waals surface area contributed by atoms with Crippen molar-refractivity contribution in [1.82, 2.24) is 16.0 Å². The van der Waals surface area contributed by atoms with Crippen LogP contribution in [-0.2, 0) is 30.4 Å². The topological polar surface area (TPSA) is 214 Å². The number of aliphatic hydroxyl groups excluding tert-OH is 1. The Labute approximate surface area is 210 Å². The molecule has 12 heteroatoms. The van der Waals surface area contributed by atoms with Crippen molar-refractivity contribution in [1.29, 1.82) is 0 Å². The summed E-state index contributed by atoms with van der Waals surface area (Å²) >= 11 is 0. The SMILES string of the molecule is CCC(C)C(NC(=O)C(N)Cc1ccccc1)C(=O)NC(CCC(N)=O)C(=O)NC(C(=O)O)C(C)O. The van der Waals surface area contributed by atoms with Crippen molar-refractivity contribution in [2.75, 3.05) is 0 Å². The van der Waals surface area contributed by atoms with Crippen LogP contribution in [0.15, 0.2) is 30.3 Å². The molecule has 1 rings (SSSR count). The van der Waals surface area contributed by atoms with E-state index in [0.29, 0.717) is 6.42 Å². The van der Waals surface area contributed by atoms with Gasteiger partial charge in [-0.2, -0.15) is 0 Å². The number of hydrogen-bond acceptors (Lipinski definition) is 7. The van der Waals surface area contributed by atoms with Crippen molar-refractivity contribution in [3.05, 3.63) is 35.9 Å². The Morgan fingerprint density at radius 1 is 0.917 bits per heavy atom. The average molecular weight is 508 g/mol. The van der Waals surface area contributed by atoms with Crippen molar-refractivity contribution in [3.8, 4) is 0 Å². The first-order valence-electron chi connectivity index (χ1n) is 11.8. The summed E-state index contributed by atoms with van der Waals surface area (Å²) in [5.41, 5.74) is 12.1. The smallest absolute Gasteiger partial charge is 0.328 e. The average Bonchev–Trinajstić information content (AvgIpc) is 2.82. The van der Waals surface area contributed by atoms with Crippen LogP contribution in [0.5, 0.6) is 0 Å². The van der Waals surface area contributed by atoms with E-state index in [1.807, 2.05) is 37.3 Å². The summed E-state index contributed by atoms with van der Waals surface area (Å²) in [5, 5.41) is 26.1. The van der Waals surface area contributed by atoms with Gasteiger partial charge in [-0.1, -0.05) is 50.6 Å². The minimum Gasteiger partial charge on any atom is -0.480 e. The summed E-state index contributed by atoms with van der Waals surface area (Å²) in [4.78, 5) is 61.3. The van der Waals surface area contributed by atoms with Gasteiger partial charge in [-0.15, -0.1) is 0 Å². The van der Waals surface area contributed by atoms with Gasteiger partial charge >= 0.3 is 5.97 Å². The van der Waals surface area contributed by atoms with Gasteiger partial charge in [0.2, 0.25) is 23.6 Å². The second-order valence-electron chi connectivity index (χ2n) is 8.80. The number of aliphatic hydroxyl groups is 1. The van der Waals surface area contributed by atoms with Crippen LogP contribution in [0.3, 0.4) is 0 Å². The van der Waals surface area contributed by atoms with Gasteiger partial charge in [-0.25, -0.2) is 4.79 Å². The summed E-state index contributed by atoms with van der Waals surface area (Å²) in [6, 6.07) is 4.17. The maximum atomic E-state index is 13.1. The van der Waals surface area contributed by atoms with E-state index in [-0.39, 0.29) is 25.2 Å². The molecular weight excluding hydrogens is 470 g/mol.